The van der Waals surface area contributed by atoms with Gasteiger partial charge in [0.1, 0.15) is 12.3 Å². The lowest BCUT2D eigenvalue weighted by molar-refractivity contribution is -0.170. The van der Waals surface area contributed by atoms with Crippen molar-refractivity contribution in [1.29, 1.82) is 0 Å². The predicted octanol–water partition coefficient (Wildman–Crippen LogP) is 1.50. The van der Waals surface area contributed by atoms with Crippen LogP contribution in [0.15, 0.2) is 42.5 Å². The summed E-state index contributed by atoms with van der Waals surface area (Å²) in [6.45, 7) is 1.65. The Morgan fingerprint density at radius 2 is 1.91 bits per heavy atom. The minimum Gasteiger partial charge on any atom is -0.480 e. The first-order valence-corrected chi connectivity index (χ1v) is 11.2. The molecule has 0 aromatic heterocycles. The van der Waals surface area contributed by atoms with E-state index in [1.807, 2.05) is 42.5 Å². The number of carboxylic acid groups (broad SMARTS) is 1. The van der Waals surface area contributed by atoms with Crippen molar-refractivity contribution >= 4 is 28.6 Å². The summed E-state index contributed by atoms with van der Waals surface area (Å²) in [6, 6.07) is 11.6. The summed E-state index contributed by atoms with van der Waals surface area (Å²) in [7, 11) is 1.50. The van der Waals surface area contributed by atoms with Crippen LogP contribution in [-0.2, 0) is 25.5 Å². The number of hydrogen-bond donors (Lipinski definition) is 3. The maximum atomic E-state index is 13.5. The van der Waals surface area contributed by atoms with Gasteiger partial charge in [0.15, 0.2) is 0 Å². The number of fused-ring (bicyclic) bond motifs is 1. The Morgan fingerprint density at radius 3 is 2.55 bits per heavy atom. The van der Waals surface area contributed by atoms with Crippen molar-refractivity contribution in [2.24, 2.45) is 5.73 Å². The van der Waals surface area contributed by atoms with E-state index in [2.05, 4.69) is 5.43 Å². The van der Waals surface area contributed by atoms with Gasteiger partial charge in [-0.1, -0.05) is 42.5 Å². The number of aliphatic carboxylic acids is 1. The standard InChI is InChI=1S/C24H32N4O5/c1-16(29)27(2)26-15-21(24(31)32)28(22-9-5-6-12-33-22)23(30)20(25)14-17-10-11-18-7-3-4-8-19(18)13-17/h3-4,7-8,10-11,13,20-22,26H,5-6,9,12,14-15,25H2,1-2H3,(H,31,32)/t20-,21-,22?/m0/s1. The Hall–Kier alpha value is -3.01. The predicted molar refractivity (Wildman–Crippen MR) is 124 cm³/mol. The van der Waals surface area contributed by atoms with Gasteiger partial charge < -0.3 is 20.5 Å². The molecule has 2 amide bonds. The monoisotopic (exact) mass is 456 g/mol. The molecular formula is C24H32N4O5. The van der Waals surface area contributed by atoms with Crippen LogP contribution >= 0.6 is 0 Å². The van der Waals surface area contributed by atoms with Crippen molar-refractivity contribution in [3.63, 3.8) is 0 Å². The van der Waals surface area contributed by atoms with E-state index in [0.29, 0.717) is 13.0 Å². The lowest BCUT2D eigenvalue weighted by atomic mass is 10.0. The van der Waals surface area contributed by atoms with Crippen molar-refractivity contribution in [2.75, 3.05) is 20.2 Å². The number of nitrogens with two attached hydrogens (primary N) is 1. The van der Waals surface area contributed by atoms with Crippen LogP contribution in [0.3, 0.4) is 0 Å². The summed E-state index contributed by atoms with van der Waals surface area (Å²) in [4.78, 5) is 38.4. The summed E-state index contributed by atoms with van der Waals surface area (Å²) in [5.74, 6) is -1.96. The molecule has 178 valence electrons. The molecule has 0 aliphatic carbocycles. The van der Waals surface area contributed by atoms with Gasteiger partial charge >= 0.3 is 5.97 Å². The molecule has 3 atom stereocenters. The minimum atomic E-state index is -1.25. The molecule has 2 aromatic rings. The van der Waals surface area contributed by atoms with Crippen molar-refractivity contribution in [1.82, 2.24) is 15.3 Å². The molecule has 0 saturated carbocycles. The first-order chi connectivity index (χ1) is 15.8. The van der Waals surface area contributed by atoms with Crippen LogP contribution in [0.1, 0.15) is 31.7 Å². The lowest BCUT2D eigenvalue weighted by Gasteiger charge is -2.39. The van der Waals surface area contributed by atoms with Crippen LogP contribution in [0.5, 0.6) is 0 Å². The van der Waals surface area contributed by atoms with Gasteiger partial charge in [0, 0.05) is 27.1 Å². The zero-order chi connectivity index (χ0) is 24.0. The smallest absolute Gasteiger partial charge is 0.327 e. The maximum Gasteiger partial charge on any atom is 0.327 e. The van der Waals surface area contributed by atoms with Crippen molar-refractivity contribution in [2.45, 2.75) is 50.9 Å². The van der Waals surface area contributed by atoms with Gasteiger partial charge in [-0.25, -0.2) is 10.2 Å². The summed E-state index contributed by atoms with van der Waals surface area (Å²) < 4.78 is 5.78. The molecular weight excluding hydrogens is 424 g/mol. The number of nitrogens with one attached hydrogen (secondary N) is 1. The number of amides is 2. The van der Waals surface area contributed by atoms with Crippen molar-refractivity contribution in [3.05, 3.63) is 48.0 Å². The van der Waals surface area contributed by atoms with Crippen LogP contribution in [0.4, 0.5) is 0 Å². The Balaban J connectivity index is 1.81. The largest absolute Gasteiger partial charge is 0.480 e. The highest BCUT2D eigenvalue weighted by Gasteiger charge is 2.38. The third kappa shape index (κ3) is 6.28. The molecule has 2 aromatic carbocycles. The average Bonchev–Trinajstić information content (AvgIpc) is 2.81. The molecule has 9 heteroatoms. The highest BCUT2D eigenvalue weighted by atomic mass is 16.5. The Bertz CT molecular complexity index is 992. The first-order valence-electron chi connectivity index (χ1n) is 11.2. The SMILES string of the molecule is CC(=O)N(C)NC[C@@H](C(=O)O)N(C(=O)[C@@H](N)Cc1ccc2ccccc2c1)C1CCCCO1. The van der Waals surface area contributed by atoms with Gasteiger partial charge in [0.25, 0.3) is 0 Å². The van der Waals surface area contributed by atoms with Crippen LogP contribution in [0.25, 0.3) is 10.8 Å². The van der Waals surface area contributed by atoms with Gasteiger partial charge in [-0.15, -0.1) is 0 Å². The number of hydrogen-bond acceptors (Lipinski definition) is 6. The number of carbonyl (C=O) groups is 3. The third-order valence-corrected chi connectivity index (χ3v) is 5.92. The lowest BCUT2D eigenvalue weighted by Crippen LogP contribution is -2.61. The normalized spacial score (nSPS) is 17.8. The van der Waals surface area contributed by atoms with E-state index in [4.69, 9.17) is 10.5 Å². The molecule has 0 spiro atoms. The Kier molecular flexibility index (Phi) is 8.37. The van der Waals surface area contributed by atoms with E-state index in [9.17, 15) is 19.5 Å². The fourth-order valence-electron chi connectivity index (χ4n) is 3.98. The van der Waals surface area contributed by atoms with Gasteiger partial charge in [0.2, 0.25) is 11.8 Å². The Labute approximate surface area is 193 Å². The highest BCUT2D eigenvalue weighted by Crippen LogP contribution is 2.22. The first kappa shape index (κ1) is 24.6. The van der Waals surface area contributed by atoms with E-state index in [1.165, 1.54) is 23.9 Å². The quantitative estimate of drug-likeness (QED) is 0.488. The number of ether oxygens (including phenoxy) is 1. The van der Waals surface area contributed by atoms with Crippen LogP contribution in [0, 0.1) is 0 Å². The molecule has 1 aliphatic heterocycles. The third-order valence-electron chi connectivity index (χ3n) is 5.92. The fourth-order valence-corrected chi connectivity index (χ4v) is 3.98. The highest BCUT2D eigenvalue weighted by molar-refractivity contribution is 5.88. The van der Waals surface area contributed by atoms with Gasteiger partial charge in [-0.3, -0.25) is 14.6 Å². The van der Waals surface area contributed by atoms with E-state index in [0.717, 1.165) is 29.2 Å². The summed E-state index contributed by atoms with van der Waals surface area (Å²) in [5.41, 5.74) is 9.97. The molecule has 1 unspecified atom stereocenters. The van der Waals surface area contributed by atoms with E-state index >= 15 is 0 Å². The van der Waals surface area contributed by atoms with Crippen molar-refractivity contribution < 1.29 is 24.2 Å². The number of hydrazine groups is 1. The molecule has 1 saturated heterocycles. The second kappa shape index (κ2) is 11.2. The number of rotatable bonds is 9. The molecule has 9 nitrogen and oxygen atoms in total. The number of carboxylic acids is 1. The van der Waals surface area contributed by atoms with Crippen LogP contribution in [-0.4, -0.2) is 71.3 Å². The molecule has 4 N–H and O–H groups in total. The van der Waals surface area contributed by atoms with Gasteiger partial charge in [0.05, 0.1) is 6.04 Å². The van der Waals surface area contributed by atoms with Crippen LogP contribution in [0.2, 0.25) is 0 Å². The molecule has 33 heavy (non-hydrogen) atoms. The summed E-state index contributed by atoms with van der Waals surface area (Å²) >= 11 is 0. The molecule has 1 aliphatic rings. The van der Waals surface area contributed by atoms with E-state index in [1.54, 1.807) is 0 Å². The Morgan fingerprint density at radius 1 is 1.18 bits per heavy atom. The van der Waals surface area contributed by atoms with Gasteiger partial charge in [-0.2, -0.15) is 0 Å². The molecule has 0 radical (unpaired) electrons. The number of nitrogens with zero attached hydrogens (tertiary/aromatic N) is 2. The van der Waals surface area contributed by atoms with Crippen molar-refractivity contribution in [3.8, 4) is 0 Å². The summed E-state index contributed by atoms with van der Waals surface area (Å²) in [5, 5.41) is 13.3. The summed E-state index contributed by atoms with van der Waals surface area (Å²) in [6.07, 6.45) is 1.78. The van der Waals surface area contributed by atoms with Gasteiger partial charge in [-0.05, 0) is 42.0 Å². The zero-order valence-corrected chi connectivity index (χ0v) is 19.1. The number of carbonyl (C=O) groups excluding carboxylic acids is 2. The molecule has 1 fully saturated rings. The minimum absolute atomic E-state index is 0.153. The average molecular weight is 457 g/mol. The van der Waals surface area contributed by atoms with E-state index in [-0.39, 0.29) is 18.9 Å². The topological polar surface area (TPSA) is 125 Å². The molecule has 1 heterocycles. The second-order valence-corrected chi connectivity index (χ2v) is 8.35. The molecule has 0 bridgehead atoms. The van der Waals surface area contributed by atoms with Crippen LogP contribution < -0.4 is 11.2 Å². The second-order valence-electron chi connectivity index (χ2n) is 8.35. The molecule has 3 rings (SSSR count). The van der Waals surface area contributed by atoms with E-state index < -0.39 is 30.2 Å². The number of benzene rings is 2. The fraction of sp³-hybridized carbons (Fsp3) is 0.458. The zero-order valence-electron chi connectivity index (χ0n) is 19.1. The maximum absolute atomic E-state index is 13.5.